The Bertz CT molecular complexity index is 1160. The first-order valence-electron chi connectivity index (χ1n) is 9.95. The summed E-state index contributed by atoms with van der Waals surface area (Å²) >= 11 is 0. The summed E-state index contributed by atoms with van der Waals surface area (Å²) in [6.07, 6.45) is 0.465. The van der Waals surface area contributed by atoms with Gasteiger partial charge in [-0.25, -0.2) is 5.01 Å². The molecule has 0 N–H and O–H groups in total. The molecule has 0 saturated heterocycles. The number of nitrogens with zero attached hydrogens (tertiary/aromatic N) is 2. The minimum atomic E-state index is -0.327. The van der Waals surface area contributed by atoms with E-state index in [-0.39, 0.29) is 19.1 Å². The second-order valence-corrected chi connectivity index (χ2v) is 7.50. The molecule has 3 heterocycles. The van der Waals surface area contributed by atoms with Crippen LogP contribution in [0.25, 0.3) is 0 Å². The molecule has 0 saturated carbocycles. The summed E-state index contributed by atoms with van der Waals surface area (Å²) in [7, 11) is 1.67. The molecule has 3 aliphatic heterocycles. The van der Waals surface area contributed by atoms with Crippen molar-refractivity contribution in [3.63, 3.8) is 0 Å². The average molecular weight is 400 g/mol. The van der Waals surface area contributed by atoms with Gasteiger partial charge in [-0.1, -0.05) is 30.3 Å². The zero-order valence-electron chi connectivity index (χ0n) is 16.4. The Kier molecular flexibility index (Phi) is 3.84. The van der Waals surface area contributed by atoms with Crippen LogP contribution >= 0.6 is 0 Å². The molecule has 0 amide bonds. The summed E-state index contributed by atoms with van der Waals surface area (Å²) < 4.78 is 22.8. The van der Waals surface area contributed by atoms with Crippen LogP contribution < -0.4 is 18.9 Å². The minimum Gasteiger partial charge on any atom is -0.497 e. The fraction of sp³-hybridized carbons (Fsp3) is 0.208. The average Bonchev–Trinajstić information content (AvgIpc) is 3.45. The van der Waals surface area contributed by atoms with Crippen LogP contribution in [0, 0.1) is 0 Å². The van der Waals surface area contributed by atoms with Crippen molar-refractivity contribution in [3.05, 3.63) is 83.4 Å². The Balaban J connectivity index is 1.43. The number of hydrogen-bond acceptors (Lipinski definition) is 6. The van der Waals surface area contributed by atoms with Crippen LogP contribution in [-0.4, -0.2) is 24.6 Å². The molecule has 6 nitrogen and oxygen atoms in total. The van der Waals surface area contributed by atoms with Crippen molar-refractivity contribution in [2.45, 2.75) is 18.7 Å². The van der Waals surface area contributed by atoms with Crippen molar-refractivity contribution in [2.75, 3.05) is 13.9 Å². The maximum absolute atomic E-state index is 6.41. The van der Waals surface area contributed by atoms with Gasteiger partial charge in [0.2, 0.25) is 13.0 Å². The monoisotopic (exact) mass is 400 g/mol. The van der Waals surface area contributed by atoms with Crippen LogP contribution in [-0.2, 0) is 0 Å². The number of benzene rings is 3. The maximum atomic E-state index is 6.41. The Morgan fingerprint density at radius 2 is 1.83 bits per heavy atom. The first kappa shape index (κ1) is 17.2. The third kappa shape index (κ3) is 2.68. The molecule has 0 bridgehead atoms. The summed E-state index contributed by atoms with van der Waals surface area (Å²) in [5.74, 6) is 3.23. The highest BCUT2D eigenvalue weighted by Gasteiger charge is 2.41. The first-order valence-corrected chi connectivity index (χ1v) is 9.95. The second kappa shape index (κ2) is 6.69. The van der Waals surface area contributed by atoms with Crippen molar-refractivity contribution in [1.82, 2.24) is 5.01 Å². The van der Waals surface area contributed by atoms with Gasteiger partial charge in [0.25, 0.3) is 0 Å². The molecule has 2 atom stereocenters. The van der Waals surface area contributed by atoms with Gasteiger partial charge in [0.05, 0.1) is 18.9 Å². The predicted octanol–water partition coefficient (Wildman–Crippen LogP) is 4.67. The molecule has 0 aliphatic carbocycles. The lowest BCUT2D eigenvalue weighted by molar-refractivity contribution is -0.0191. The fourth-order valence-electron chi connectivity index (χ4n) is 4.30. The number of methoxy groups -OCH3 is 1. The van der Waals surface area contributed by atoms with Crippen LogP contribution in [0.1, 0.15) is 35.4 Å². The lowest BCUT2D eigenvalue weighted by atomic mass is 9.96. The number of hydrazone groups is 1. The van der Waals surface area contributed by atoms with Crippen molar-refractivity contribution in [2.24, 2.45) is 5.10 Å². The third-order valence-electron chi connectivity index (χ3n) is 5.78. The summed E-state index contributed by atoms with van der Waals surface area (Å²) in [4.78, 5) is 0. The van der Waals surface area contributed by atoms with Crippen LogP contribution in [0.3, 0.4) is 0 Å². The zero-order valence-corrected chi connectivity index (χ0v) is 16.4. The molecule has 3 aromatic carbocycles. The standard InChI is InChI=1S/C24H20N2O4/c1-27-17-6-4-5-16(11-17)24-26-20(18-7-2-3-8-21(18)30-24)13-19(25-26)15-9-10-22-23(12-15)29-14-28-22/h2-12,20,24H,13-14H2,1H3/t20-,24+/m1/s1. The zero-order chi connectivity index (χ0) is 20.1. The van der Waals surface area contributed by atoms with E-state index in [1.54, 1.807) is 7.11 Å². The lowest BCUT2D eigenvalue weighted by Gasteiger charge is -2.38. The number of hydrogen-bond donors (Lipinski definition) is 0. The largest absolute Gasteiger partial charge is 0.497 e. The van der Waals surface area contributed by atoms with Gasteiger partial charge in [-0.2, -0.15) is 5.10 Å². The summed E-state index contributed by atoms with van der Waals surface area (Å²) in [6.45, 7) is 0.263. The fourth-order valence-corrected chi connectivity index (χ4v) is 4.30. The molecule has 6 heteroatoms. The molecule has 0 radical (unpaired) electrons. The Morgan fingerprint density at radius 1 is 0.933 bits per heavy atom. The topological polar surface area (TPSA) is 52.5 Å². The van der Waals surface area contributed by atoms with E-state index in [1.807, 2.05) is 60.7 Å². The van der Waals surface area contributed by atoms with Crippen LogP contribution in [0.2, 0.25) is 0 Å². The Hall–Kier alpha value is -3.67. The quantitative estimate of drug-likeness (QED) is 0.640. The van der Waals surface area contributed by atoms with Crippen LogP contribution in [0.4, 0.5) is 0 Å². The maximum Gasteiger partial charge on any atom is 0.231 e. The highest BCUT2D eigenvalue weighted by molar-refractivity contribution is 6.02. The van der Waals surface area contributed by atoms with E-state index in [4.69, 9.17) is 24.0 Å². The van der Waals surface area contributed by atoms with Gasteiger partial charge in [0, 0.05) is 23.1 Å². The Morgan fingerprint density at radius 3 is 2.77 bits per heavy atom. The first-order chi connectivity index (χ1) is 14.8. The van der Waals surface area contributed by atoms with Crippen LogP contribution in [0.15, 0.2) is 71.8 Å². The highest BCUT2D eigenvalue weighted by Crippen LogP contribution is 2.48. The van der Waals surface area contributed by atoms with Crippen molar-refractivity contribution in [1.29, 1.82) is 0 Å². The molecule has 3 aromatic rings. The molecular formula is C24H20N2O4. The van der Waals surface area contributed by atoms with E-state index in [0.29, 0.717) is 0 Å². The normalized spacial score (nSPS) is 20.8. The molecule has 0 fully saturated rings. The smallest absolute Gasteiger partial charge is 0.231 e. The molecule has 30 heavy (non-hydrogen) atoms. The van der Waals surface area contributed by atoms with E-state index >= 15 is 0 Å². The number of para-hydroxylation sites is 1. The van der Waals surface area contributed by atoms with Gasteiger partial charge in [0.1, 0.15) is 11.5 Å². The van der Waals surface area contributed by atoms with Gasteiger partial charge in [-0.3, -0.25) is 0 Å². The van der Waals surface area contributed by atoms with Crippen molar-refractivity contribution < 1.29 is 18.9 Å². The van der Waals surface area contributed by atoms with E-state index in [0.717, 1.165) is 51.8 Å². The van der Waals surface area contributed by atoms with Gasteiger partial charge in [-0.05, 0) is 36.4 Å². The van der Waals surface area contributed by atoms with E-state index in [9.17, 15) is 0 Å². The number of fused-ring (bicyclic) bond motifs is 4. The summed E-state index contributed by atoms with van der Waals surface area (Å²) in [5.41, 5.74) is 4.20. The van der Waals surface area contributed by atoms with Crippen LogP contribution in [0.5, 0.6) is 23.0 Å². The van der Waals surface area contributed by atoms with E-state index in [1.165, 1.54) is 0 Å². The molecule has 0 aromatic heterocycles. The lowest BCUT2D eigenvalue weighted by Crippen LogP contribution is -2.33. The summed E-state index contributed by atoms with van der Waals surface area (Å²) in [6, 6.07) is 22.3. The molecule has 0 spiro atoms. The molecular weight excluding hydrogens is 380 g/mol. The minimum absolute atomic E-state index is 0.103. The van der Waals surface area contributed by atoms with Gasteiger partial charge in [-0.15, -0.1) is 0 Å². The summed E-state index contributed by atoms with van der Waals surface area (Å²) in [5, 5.41) is 7.07. The number of rotatable bonds is 3. The van der Waals surface area contributed by atoms with E-state index in [2.05, 4.69) is 11.1 Å². The molecule has 6 rings (SSSR count). The van der Waals surface area contributed by atoms with Crippen molar-refractivity contribution in [3.8, 4) is 23.0 Å². The highest BCUT2D eigenvalue weighted by atomic mass is 16.7. The van der Waals surface area contributed by atoms with Gasteiger partial charge in [0.15, 0.2) is 11.5 Å². The van der Waals surface area contributed by atoms with E-state index < -0.39 is 0 Å². The Labute approximate surface area is 174 Å². The predicted molar refractivity (Wildman–Crippen MR) is 111 cm³/mol. The molecule has 3 aliphatic rings. The SMILES string of the molecule is COc1cccc([C@@H]2Oc3ccccc3[C@H]3CC(c4ccc5c(c4)OCO5)=NN32)c1. The van der Waals surface area contributed by atoms with Gasteiger partial charge >= 0.3 is 0 Å². The molecule has 0 unspecified atom stereocenters. The van der Waals surface area contributed by atoms with Gasteiger partial charge < -0.3 is 18.9 Å². The molecule has 150 valence electrons. The second-order valence-electron chi connectivity index (χ2n) is 7.50. The third-order valence-corrected chi connectivity index (χ3v) is 5.78. The number of ether oxygens (including phenoxy) is 4. The van der Waals surface area contributed by atoms with Crippen molar-refractivity contribution >= 4 is 5.71 Å².